The van der Waals surface area contributed by atoms with Crippen LogP contribution in [-0.4, -0.2) is 16.6 Å². The van der Waals surface area contributed by atoms with E-state index in [1.54, 1.807) is 63.2 Å². The monoisotopic (exact) mass is 470 g/mol. The summed E-state index contributed by atoms with van der Waals surface area (Å²) in [6, 6.07) is 12.2. The van der Waals surface area contributed by atoms with Crippen LogP contribution in [0.3, 0.4) is 0 Å². The van der Waals surface area contributed by atoms with Crippen LogP contribution >= 0.6 is 22.9 Å². The van der Waals surface area contributed by atoms with Crippen molar-refractivity contribution in [2.45, 2.75) is 32.9 Å². The molecule has 0 saturated heterocycles. The summed E-state index contributed by atoms with van der Waals surface area (Å²) in [5, 5.41) is 0.546. The van der Waals surface area contributed by atoms with E-state index >= 15 is 0 Å². The topological polar surface area (TPSA) is 60.7 Å². The molecule has 164 valence electrons. The predicted molar refractivity (Wildman–Crippen MR) is 123 cm³/mol. The van der Waals surface area contributed by atoms with Gasteiger partial charge in [-0.3, -0.25) is 9.36 Å². The predicted octanol–water partition coefficient (Wildman–Crippen LogP) is 3.98. The van der Waals surface area contributed by atoms with Gasteiger partial charge in [0.15, 0.2) is 4.80 Å². The fourth-order valence-corrected chi connectivity index (χ4v) is 4.70. The molecule has 1 aliphatic rings. The van der Waals surface area contributed by atoms with Gasteiger partial charge in [-0.05, 0) is 62.2 Å². The van der Waals surface area contributed by atoms with Crippen LogP contribution in [0.25, 0.3) is 6.08 Å². The summed E-state index contributed by atoms with van der Waals surface area (Å²) >= 11 is 7.28. The molecule has 1 unspecified atom stereocenters. The molecule has 1 aliphatic heterocycles. The van der Waals surface area contributed by atoms with Crippen LogP contribution in [0.1, 0.15) is 37.9 Å². The number of hydrogen-bond donors (Lipinski definition) is 0. The van der Waals surface area contributed by atoms with Gasteiger partial charge in [0.1, 0.15) is 5.82 Å². The molecular formula is C24H20ClFN2O3S. The summed E-state index contributed by atoms with van der Waals surface area (Å²) in [5.41, 5.74) is 1.91. The van der Waals surface area contributed by atoms with Gasteiger partial charge >= 0.3 is 5.97 Å². The van der Waals surface area contributed by atoms with Crippen LogP contribution in [0.15, 0.2) is 69.6 Å². The van der Waals surface area contributed by atoms with Crippen molar-refractivity contribution in [3.63, 3.8) is 0 Å². The zero-order valence-electron chi connectivity index (χ0n) is 17.6. The van der Waals surface area contributed by atoms with E-state index in [-0.39, 0.29) is 17.5 Å². The molecule has 0 radical (unpaired) electrons. The minimum absolute atomic E-state index is 0.291. The Morgan fingerprint density at radius 2 is 1.84 bits per heavy atom. The van der Waals surface area contributed by atoms with E-state index in [9.17, 15) is 14.0 Å². The third-order valence-electron chi connectivity index (χ3n) is 4.94. The largest absolute Gasteiger partial charge is 0.459 e. The lowest BCUT2D eigenvalue weighted by atomic mass is 9.96. The number of fused-ring (bicyclic) bond motifs is 1. The third kappa shape index (κ3) is 4.31. The second kappa shape index (κ2) is 8.84. The smallest absolute Gasteiger partial charge is 0.338 e. The highest BCUT2D eigenvalue weighted by molar-refractivity contribution is 7.07. The van der Waals surface area contributed by atoms with Gasteiger partial charge in [0.25, 0.3) is 5.56 Å². The van der Waals surface area contributed by atoms with E-state index in [2.05, 4.69) is 4.99 Å². The molecule has 0 fully saturated rings. The van der Waals surface area contributed by atoms with Gasteiger partial charge < -0.3 is 4.74 Å². The molecule has 32 heavy (non-hydrogen) atoms. The van der Waals surface area contributed by atoms with Gasteiger partial charge in [-0.25, -0.2) is 14.2 Å². The lowest BCUT2D eigenvalue weighted by molar-refractivity contribution is -0.143. The first-order chi connectivity index (χ1) is 15.2. The van der Waals surface area contributed by atoms with Crippen molar-refractivity contribution in [3.8, 4) is 0 Å². The molecule has 5 nitrogen and oxygen atoms in total. The number of nitrogens with zero attached hydrogens (tertiary/aromatic N) is 2. The maximum atomic E-state index is 13.4. The molecule has 8 heteroatoms. The number of allylic oxidation sites excluding steroid dienone is 1. The van der Waals surface area contributed by atoms with Crippen molar-refractivity contribution >= 4 is 35.0 Å². The molecule has 2 aromatic carbocycles. The molecule has 1 aromatic heterocycles. The Kier molecular flexibility index (Phi) is 6.13. The van der Waals surface area contributed by atoms with Crippen LogP contribution in [0.5, 0.6) is 0 Å². The summed E-state index contributed by atoms with van der Waals surface area (Å²) in [6.07, 6.45) is 1.37. The molecule has 2 heterocycles. The molecule has 4 rings (SSSR count). The Morgan fingerprint density at radius 3 is 2.47 bits per heavy atom. The van der Waals surface area contributed by atoms with Crippen LogP contribution in [0.2, 0.25) is 5.02 Å². The van der Waals surface area contributed by atoms with Crippen molar-refractivity contribution in [1.82, 2.24) is 4.57 Å². The molecule has 0 aliphatic carbocycles. The van der Waals surface area contributed by atoms with Crippen LogP contribution in [0, 0.1) is 5.82 Å². The SMILES string of the molecule is CC1=C(C(=O)OC(C)C)C(c2ccc(Cl)cc2)n2c(s/c(=C\c3ccc(F)cc3)c2=O)=N1. The number of aromatic nitrogens is 1. The normalized spacial score (nSPS) is 16.2. The van der Waals surface area contributed by atoms with E-state index in [1.165, 1.54) is 28.0 Å². The molecule has 0 bridgehead atoms. The molecule has 1 atom stereocenters. The van der Waals surface area contributed by atoms with Crippen molar-refractivity contribution in [2.24, 2.45) is 4.99 Å². The minimum atomic E-state index is -0.704. The fraction of sp³-hybridized carbons (Fsp3) is 0.208. The summed E-state index contributed by atoms with van der Waals surface area (Å²) in [6.45, 7) is 5.27. The van der Waals surface area contributed by atoms with Crippen LogP contribution in [-0.2, 0) is 9.53 Å². The fourth-order valence-electron chi connectivity index (χ4n) is 3.53. The Bertz CT molecular complexity index is 1390. The Morgan fingerprint density at radius 1 is 1.19 bits per heavy atom. The van der Waals surface area contributed by atoms with Gasteiger partial charge in [-0.2, -0.15) is 0 Å². The zero-order chi connectivity index (χ0) is 23.0. The summed E-state index contributed by atoms with van der Waals surface area (Å²) < 4.78 is 20.7. The molecule has 0 N–H and O–H groups in total. The van der Waals surface area contributed by atoms with E-state index in [1.807, 2.05) is 0 Å². The maximum absolute atomic E-state index is 13.4. The lowest BCUT2D eigenvalue weighted by Gasteiger charge is -2.25. The summed E-state index contributed by atoms with van der Waals surface area (Å²) in [4.78, 5) is 31.5. The van der Waals surface area contributed by atoms with Gasteiger partial charge in [0.05, 0.1) is 27.9 Å². The van der Waals surface area contributed by atoms with Crippen LogP contribution in [0.4, 0.5) is 4.39 Å². The molecule has 0 saturated carbocycles. The molecule has 3 aromatic rings. The van der Waals surface area contributed by atoms with E-state index < -0.39 is 12.0 Å². The van der Waals surface area contributed by atoms with Crippen molar-refractivity contribution < 1.29 is 13.9 Å². The number of esters is 1. The molecule has 0 amide bonds. The number of hydrogen-bond acceptors (Lipinski definition) is 5. The van der Waals surface area contributed by atoms with Gasteiger partial charge in [0.2, 0.25) is 0 Å². The number of carbonyl (C=O) groups excluding carboxylic acids is 1. The van der Waals surface area contributed by atoms with Crippen molar-refractivity contribution in [1.29, 1.82) is 0 Å². The van der Waals surface area contributed by atoms with Gasteiger partial charge in [-0.1, -0.05) is 47.2 Å². The quantitative estimate of drug-likeness (QED) is 0.542. The Hall–Kier alpha value is -3.03. The standard InChI is InChI=1S/C24H20ClFN2O3S/c1-13(2)31-23(30)20-14(3)27-24-28(21(20)16-6-8-17(25)9-7-16)22(29)19(32-24)12-15-4-10-18(26)11-5-15/h4-13,21H,1-3H3/b19-12-. The number of halogens is 2. The average Bonchev–Trinajstić information content (AvgIpc) is 3.03. The van der Waals surface area contributed by atoms with E-state index in [4.69, 9.17) is 16.3 Å². The second-order valence-corrected chi connectivity index (χ2v) is 9.08. The first-order valence-corrected chi connectivity index (χ1v) is 11.2. The maximum Gasteiger partial charge on any atom is 0.338 e. The minimum Gasteiger partial charge on any atom is -0.459 e. The number of rotatable bonds is 4. The lowest BCUT2D eigenvalue weighted by Crippen LogP contribution is -2.40. The number of ether oxygens (including phenoxy) is 1. The van der Waals surface area contributed by atoms with Gasteiger partial charge in [-0.15, -0.1) is 0 Å². The molecular weight excluding hydrogens is 451 g/mol. The Balaban J connectivity index is 1.93. The average molecular weight is 471 g/mol. The Labute approximate surface area is 192 Å². The van der Waals surface area contributed by atoms with E-state index in [0.717, 1.165) is 0 Å². The van der Waals surface area contributed by atoms with Crippen LogP contribution < -0.4 is 14.9 Å². The highest BCUT2D eigenvalue weighted by atomic mass is 35.5. The van der Waals surface area contributed by atoms with Crippen molar-refractivity contribution in [2.75, 3.05) is 0 Å². The van der Waals surface area contributed by atoms with Gasteiger partial charge in [0, 0.05) is 5.02 Å². The molecule has 0 spiro atoms. The summed E-state index contributed by atoms with van der Waals surface area (Å²) in [5.74, 6) is -0.871. The first-order valence-electron chi connectivity index (χ1n) is 9.99. The second-order valence-electron chi connectivity index (χ2n) is 7.64. The third-order valence-corrected chi connectivity index (χ3v) is 6.17. The number of carbonyl (C=O) groups is 1. The highest BCUT2D eigenvalue weighted by Crippen LogP contribution is 2.31. The zero-order valence-corrected chi connectivity index (χ0v) is 19.2. The van der Waals surface area contributed by atoms with E-state index in [0.29, 0.717) is 36.8 Å². The first kappa shape index (κ1) is 22.2. The summed E-state index contributed by atoms with van der Waals surface area (Å²) in [7, 11) is 0. The number of thiazole rings is 1. The number of benzene rings is 2. The van der Waals surface area contributed by atoms with Crippen molar-refractivity contribution in [3.05, 3.63) is 101 Å². The highest BCUT2D eigenvalue weighted by Gasteiger charge is 2.33.